The summed E-state index contributed by atoms with van der Waals surface area (Å²) in [5.74, 6) is 0. The van der Waals surface area contributed by atoms with Gasteiger partial charge < -0.3 is 5.32 Å². The Morgan fingerprint density at radius 3 is 2.71 bits per heavy atom. The van der Waals surface area contributed by atoms with Crippen LogP contribution >= 0.6 is 11.6 Å². The van der Waals surface area contributed by atoms with E-state index in [2.05, 4.69) is 37.3 Å². The van der Waals surface area contributed by atoms with Crippen molar-refractivity contribution in [3.63, 3.8) is 0 Å². The molecule has 0 saturated heterocycles. The molecule has 1 heterocycles. The predicted molar refractivity (Wildman–Crippen MR) is 85.6 cm³/mol. The molecule has 0 aliphatic heterocycles. The van der Waals surface area contributed by atoms with Gasteiger partial charge in [0.15, 0.2) is 0 Å². The van der Waals surface area contributed by atoms with Gasteiger partial charge in [0.05, 0.1) is 34.1 Å². The molecule has 1 aromatic heterocycles. The Labute approximate surface area is 130 Å². The number of nitrogens with one attached hydrogen (secondary N) is 1. The maximum absolute atomic E-state index is 8.99. The Bertz CT molecular complexity index is 697. The first-order chi connectivity index (χ1) is 9.97. The number of anilines is 1. The summed E-state index contributed by atoms with van der Waals surface area (Å²) in [4.78, 5) is 0. The zero-order valence-electron chi connectivity index (χ0n) is 12.7. The van der Waals surface area contributed by atoms with Crippen molar-refractivity contribution in [3.8, 4) is 6.07 Å². The SMILES string of the molecule is CCn1nc(C)c(C(C)Nc2cc(C#N)ccc2Cl)c1C. The van der Waals surface area contributed by atoms with Gasteiger partial charge in [-0.05, 0) is 45.9 Å². The van der Waals surface area contributed by atoms with Crippen LogP contribution in [-0.4, -0.2) is 9.78 Å². The van der Waals surface area contributed by atoms with E-state index >= 15 is 0 Å². The van der Waals surface area contributed by atoms with Crippen LogP contribution in [0.1, 0.15) is 42.4 Å². The summed E-state index contributed by atoms with van der Waals surface area (Å²) in [5.41, 5.74) is 4.71. The van der Waals surface area contributed by atoms with Crippen LogP contribution in [0.3, 0.4) is 0 Å². The number of hydrogen-bond donors (Lipinski definition) is 1. The van der Waals surface area contributed by atoms with Crippen molar-refractivity contribution in [1.82, 2.24) is 9.78 Å². The lowest BCUT2D eigenvalue weighted by molar-refractivity contribution is 0.632. The van der Waals surface area contributed by atoms with Gasteiger partial charge in [0, 0.05) is 17.8 Å². The Morgan fingerprint density at radius 1 is 1.43 bits per heavy atom. The molecule has 1 aromatic carbocycles. The van der Waals surface area contributed by atoms with Crippen molar-refractivity contribution >= 4 is 17.3 Å². The van der Waals surface area contributed by atoms with Crippen LogP contribution in [0.25, 0.3) is 0 Å². The molecule has 4 nitrogen and oxygen atoms in total. The molecule has 21 heavy (non-hydrogen) atoms. The topological polar surface area (TPSA) is 53.6 Å². The minimum atomic E-state index is 0.0664. The van der Waals surface area contributed by atoms with Crippen molar-refractivity contribution < 1.29 is 0 Å². The summed E-state index contributed by atoms with van der Waals surface area (Å²) in [5, 5.41) is 17.5. The zero-order chi connectivity index (χ0) is 15.6. The number of hydrogen-bond acceptors (Lipinski definition) is 3. The first kappa shape index (κ1) is 15.4. The van der Waals surface area contributed by atoms with Crippen LogP contribution in [0.5, 0.6) is 0 Å². The Kier molecular flexibility index (Phi) is 4.54. The van der Waals surface area contributed by atoms with E-state index in [1.54, 1.807) is 18.2 Å². The number of halogens is 1. The number of aryl methyl sites for hydroxylation is 2. The average Bonchev–Trinajstić information content (AvgIpc) is 2.75. The van der Waals surface area contributed by atoms with Gasteiger partial charge in [0.1, 0.15) is 0 Å². The summed E-state index contributed by atoms with van der Waals surface area (Å²) >= 11 is 6.20. The average molecular weight is 303 g/mol. The maximum Gasteiger partial charge on any atom is 0.0992 e. The Hall–Kier alpha value is -1.99. The minimum absolute atomic E-state index is 0.0664. The summed E-state index contributed by atoms with van der Waals surface area (Å²) in [6.07, 6.45) is 0. The van der Waals surface area contributed by atoms with E-state index in [0.29, 0.717) is 10.6 Å². The van der Waals surface area contributed by atoms with Gasteiger partial charge in [0.25, 0.3) is 0 Å². The molecule has 0 spiro atoms. The van der Waals surface area contributed by atoms with E-state index in [0.717, 1.165) is 23.6 Å². The monoisotopic (exact) mass is 302 g/mol. The highest BCUT2D eigenvalue weighted by atomic mass is 35.5. The first-order valence-electron chi connectivity index (χ1n) is 6.98. The number of nitrogens with zero attached hydrogens (tertiary/aromatic N) is 3. The lowest BCUT2D eigenvalue weighted by atomic mass is 10.1. The zero-order valence-corrected chi connectivity index (χ0v) is 13.5. The van der Waals surface area contributed by atoms with E-state index in [1.165, 1.54) is 5.56 Å². The fourth-order valence-electron chi connectivity index (χ4n) is 2.66. The van der Waals surface area contributed by atoms with Crippen LogP contribution in [0.2, 0.25) is 5.02 Å². The second-order valence-electron chi connectivity index (χ2n) is 5.07. The van der Waals surface area contributed by atoms with Gasteiger partial charge in [-0.1, -0.05) is 11.6 Å². The van der Waals surface area contributed by atoms with E-state index in [4.69, 9.17) is 16.9 Å². The second kappa shape index (κ2) is 6.19. The van der Waals surface area contributed by atoms with Crippen LogP contribution in [-0.2, 0) is 6.54 Å². The van der Waals surface area contributed by atoms with Gasteiger partial charge in [-0.25, -0.2) is 0 Å². The summed E-state index contributed by atoms with van der Waals surface area (Å²) in [6, 6.07) is 7.42. The number of nitriles is 1. The molecule has 2 rings (SSSR count). The number of aromatic nitrogens is 2. The summed E-state index contributed by atoms with van der Waals surface area (Å²) in [6.45, 7) is 9.09. The fourth-order valence-corrected chi connectivity index (χ4v) is 2.83. The lowest BCUT2D eigenvalue weighted by Crippen LogP contribution is -2.10. The van der Waals surface area contributed by atoms with E-state index in [-0.39, 0.29) is 6.04 Å². The van der Waals surface area contributed by atoms with Crippen molar-refractivity contribution in [2.45, 2.75) is 40.3 Å². The Morgan fingerprint density at radius 2 is 2.14 bits per heavy atom. The first-order valence-corrected chi connectivity index (χ1v) is 7.35. The van der Waals surface area contributed by atoms with E-state index in [9.17, 15) is 0 Å². The van der Waals surface area contributed by atoms with Crippen LogP contribution in [0, 0.1) is 25.2 Å². The summed E-state index contributed by atoms with van der Waals surface area (Å²) < 4.78 is 2.00. The molecule has 1 unspecified atom stereocenters. The summed E-state index contributed by atoms with van der Waals surface area (Å²) in [7, 11) is 0. The van der Waals surface area contributed by atoms with Crippen LogP contribution in [0.15, 0.2) is 18.2 Å². The minimum Gasteiger partial charge on any atom is -0.377 e. The van der Waals surface area contributed by atoms with E-state index < -0.39 is 0 Å². The molecule has 0 aliphatic carbocycles. The Balaban J connectivity index is 2.32. The van der Waals surface area contributed by atoms with Crippen molar-refractivity contribution in [3.05, 3.63) is 45.7 Å². The van der Waals surface area contributed by atoms with Crippen molar-refractivity contribution in [2.24, 2.45) is 0 Å². The normalized spacial score (nSPS) is 12.0. The molecule has 0 radical (unpaired) electrons. The van der Waals surface area contributed by atoms with E-state index in [1.807, 2.05) is 11.6 Å². The molecular weight excluding hydrogens is 284 g/mol. The number of benzene rings is 1. The molecule has 2 aromatic rings. The lowest BCUT2D eigenvalue weighted by Gasteiger charge is -2.17. The van der Waals surface area contributed by atoms with Gasteiger partial charge in [-0.3, -0.25) is 4.68 Å². The molecule has 0 amide bonds. The van der Waals surface area contributed by atoms with Crippen molar-refractivity contribution in [2.75, 3.05) is 5.32 Å². The maximum atomic E-state index is 8.99. The molecule has 1 atom stereocenters. The largest absolute Gasteiger partial charge is 0.377 e. The fraction of sp³-hybridized carbons (Fsp3) is 0.375. The molecule has 0 aliphatic rings. The molecule has 5 heteroatoms. The standard InChI is InChI=1S/C16H19ClN4/c1-5-21-12(4)16(11(3)20-21)10(2)19-15-8-13(9-18)6-7-14(15)17/h6-8,10,19H,5H2,1-4H3. The second-order valence-corrected chi connectivity index (χ2v) is 5.48. The molecule has 110 valence electrons. The molecule has 0 saturated carbocycles. The third-order valence-electron chi connectivity index (χ3n) is 3.64. The van der Waals surface area contributed by atoms with Gasteiger partial charge >= 0.3 is 0 Å². The molecular formula is C16H19ClN4. The quantitative estimate of drug-likeness (QED) is 0.920. The molecule has 1 N–H and O–H groups in total. The highest BCUT2D eigenvalue weighted by molar-refractivity contribution is 6.33. The van der Waals surface area contributed by atoms with Gasteiger partial charge in [-0.2, -0.15) is 10.4 Å². The van der Waals surface area contributed by atoms with Crippen LogP contribution < -0.4 is 5.32 Å². The van der Waals surface area contributed by atoms with Crippen molar-refractivity contribution in [1.29, 1.82) is 5.26 Å². The smallest absolute Gasteiger partial charge is 0.0992 e. The third kappa shape index (κ3) is 3.03. The van der Waals surface area contributed by atoms with Crippen LogP contribution in [0.4, 0.5) is 5.69 Å². The number of rotatable bonds is 4. The molecule has 0 fully saturated rings. The highest BCUT2D eigenvalue weighted by Gasteiger charge is 2.17. The molecule has 0 bridgehead atoms. The highest BCUT2D eigenvalue weighted by Crippen LogP contribution is 2.29. The van der Waals surface area contributed by atoms with Gasteiger partial charge in [-0.15, -0.1) is 0 Å². The predicted octanol–water partition coefficient (Wildman–Crippen LogP) is 4.22. The third-order valence-corrected chi connectivity index (χ3v) is 3.97. The van der Waals surface area contributed by atoms with Gasteiger partial charge in [0.2, 0.25) is 0 Å².